The van der Waals surface area contributed by atoms with Crippen molar-refractivity contribution < 1.29 is 14.7 Å². The van der Waals surface area contributed by atoms with E-state index in [1.54, 1.807) is 30.3 Å². The van der Waals surface area contributed by atoms with Crippen molar-refractivity contribution in [2.45, 2.75) is 0 Å². The van der Waals surface area contributed by atoms with Crippen LogP contribution in [0, 0.1) is 0 Å². The fourth-order valence-electron chi connectivity index (χ4n) is 2.10. The van der Waals surface area contributed by atoms with Crippen LogP contribution in [0.5, 0.6) is 5.75 Å². The molecule has 0 aliphatic carbocycles. The van der Waals surface area contributed by atoms with Crippen molar-refractivity contribution in [2.24, 2.45) is 0 Å². The van der Waals surface area contributed by atoms with Gasteiger partial charge in [-0.15, -0.1) is 0 Å². The molecule has 0 radical (unpaired) electrons. The maximum atomic E-state index is 12.5. The molecule has 0 unspecified atom stereocenters. The lowest BCUT2D eigenvalue weighted by Crippen LogP contribution is -2.27. The van der Waals surface area contributed by atoms with Gasteiger partial charge in [0.25, 0.3) is 11.1 Å². The Labute approximate surface area is 146 Å². The largest absolute Gasteiger partial charge is 0.506 e. The van der Waals surface area contributed by atoms with Gasteiger partial charge in [0, 0.05) is 10.6 Å². The third kappa shape index (κ3) is 3.08. The topological polar surface area (TPSA) is 57.6 Å². The predicted molar refractivity (Wildman–Crippen MR) is 93.0 cm³/mol. The lowest BCUT2D eigenvalue weighted by Gasteiger charge is -2.11. The second-order valence-electron chi connectivity index (χ2n) is 4.68. The second kappa shape index (κ2) is 6.28. The van der Waals surface area contributed by atoms with Crippen LogP contribution in [-0.2, 0) is 4.79 Å². The predicted octanol–water partition coefficient (Wildman–Crippen LogP) is 4.94. The summed E-state index contributed by atoms with van der Waals surface area (Å²) in [6, 6.07) is 11.5. The Morgan fingerprint density at radius 2 is 1.78 bits per heavy atom. The van der Waals surface area contributed by atoms with Gasteiger partial charge in [0.05, 0.1) is 15.6 Å². The van der Waals surface area contributed by atoms with E-state index in [9.17, 15) is 14.7 Å². The van der Waals surface area contributed by atoms with E-state index in [0.717, 1.165) is 16.7 Å². The van der Waals surface area contributed by atoms with E-state index in [2.05, 4.69) is 0 Å². The summed E-state index contributed by atoms with van der Waals surface area (Å²) in [5.74, 6) is -0.649. The minimum atomic E-state index is -0.457. The summed E-state index contributed by atoms with van der Waals surface area (Å²) in [6.45, 7) is 0. The first-order chi connectivity index (χ1) is 11.0. The van der Waals surface area contributed by atoms with Gasteiger partial charge in [0.15, 0.2) is 0 Å². The van der Waals surface area contributed by atoms with Gasteiger partial charge in [-0.25, -0.2) is 4.90 Å². The van der Waals surface area contributed by atoms with Crippen molar-refractivity contribution in [3.05, 3.63) is 63.0 Å². The number of phenols is 1. The lowest BCUT2D eigenvalue weighted by atomic mass is 10.2. The highest BCUT2D eigenvalue weighted by Crippen LogP contribution is 2.38. The first kappa shape index (κ1) is 15.9. The van der Waals surface area contributed by atoms with Gasteiger partial charge in [-0.1, -0.05) is 41.4 Å². The molecule has 2 aromatic carbocycles. The van der Waals surface area contributed by atoms with E-state index < -0.39 is 11.1 Å². The summed E-state index contributed by atoms with van der Waals surface area (Å²) < 4.78 is 0. The van der Waals surface area contributed by atoms with Gasteiger partial charge in [0.1, 0.15) is 5.75 Å². The highest BCUT2D eigenvalue weighted by molar-refractivity contribution is 8.19. The zero-order valence-electron chi connectivity index (χ0n) is 11.5. The fourth-order valence-corrected chi connectivity index (χ4v) is 3.45. The Bertz CT molecular complexity index is 837. The molecular weight excluding hydrogens is 357 g/mol. The molecule has 7 heteroatoms. The van der Waals surface area contributed by atoms with Crippen molar-refractivity contribution in [2.75, 3.05) is 4.90 Å². The van der Waals surface area contributed by atoms with Crippen molar-refractivity contribution in [1.82, 2.24) is 0 Å². The Morgan fingerprint density at radius 1 is 1.09 bits per heavy atom. The number of para-hydroxylation sites is 1. The smallest absolute Gasteiger partial charge is 0.298 e. The van der Waals surface area contributed by atoms with Gasteiger partial charge >= 0.3 is 0 Å². The van der Waals surface area contributed by atoms with E-state index in [1.807, 2.05) is 0 Å². The summed E-state index contributed by atoms with van der Waals surface area (Å²) in [4.78, 5) is 25.9. The number of anilines is 1. The number of carbonyl (C=O) groups excluding carboxylic acids is 2. The number of carbonyl (C=O) groups is 2. The Morgan fingerprint density at radius 3 is 2.48 bits per heavy atom. The van der Waals surface area contributed by atoms with E-state index in [1.165, 1.54) is 18.2 Å². The summed E-state index contributed by atoms with van der Waals surface area (Å²) >= 11 is 12.6. The molecule has 1 saturated heterocycles. The summed E-state index contributed by atoms with van der Waals surface area (Å²) in [5, 5.41) is 9.96. The molecule has 0 bridgehead atoms. The van der Waals surface area contributed by atoms with Crippen molar-refractivity contribution in [3.8, 4) is 5.75 Å². The summed E-state index contributed by atoms with van der Waals surface area (Å²) in [6.07, 6.45) is 1.40. The number of hydrogen-bond donors (Lipinski definition) is 1. The highest BCUT2D eigenvalue weighted by atomic mass is 35.5. The molecule has 0 atom stereocenters. The molecular formula is C16H9Cl2NO3S. The van der Waals surface area contributed by atoms with Gasteiger partial charge in [-0.2, -0.15) is 0 Å². The molecule has 2 amide bonds. The molecule has 0 spiro atoms. The number of phenolic OH excluding ortho intramolecular Hbond substituents is 1. The molecule has 1 aliphatic heterocycles. The van der Waals surface area contributed by atoms with E-state index in [4.69, 9.17) is 23.2 Å². The number of rotatable bonds is 2. The van der Waals surface area contributed by atoms with E-state index in [0.29, 0.717) is 10.7 Å². The second-order valence-corrected chi connectivity index (χ2v) is 6.51. The lowest BCUT2D eigenvalue weighted by molar-refractivity contribution is -0.113. The number of benzene rings is 2. The number of aromatic hydroxyl groups is 1. The van der Waals surface area contributed by atoms with Crippen LogP contribution in [-0.4, -0.2) is 16.3 Å². The van der Waals surface area contributed by atoms with Crippen LogP contribution >= 0.6 is 35.0 Å². The zero-order chi connectivity index (χ0) is 16.6. The molecule has 23 heavy (non-hydrogen) atoms. The fraction of sp³-hybridized carbons (Fsp3) is 0. The van der Waals surface area contributed by atoms with Crippen LogP contribution < -0.4 is 4.90 Å². The molecule has 3 rings (SSSR count). The standard InChI is InChI=1S/C16H9Cl2NO3S/c17-10-6-9(14(20)12(18)8-10)7-13-15(21)19(16(22)23-13)11-4-2-1-3-5-11/h1-8,20H. The van der Waals surface area contributed by atoms with Gasteiger partial charge in [-0.3, -0.25) is 9.59 Å². The number of nitrogens with zero attached hydrogens (tertiary/aromatic N) is 1. The Hall–Kier alpha value is -1.95. The van der Waals surface area contributed by atoms with Crippen molar-refractivity contribution in [1.29, 1.82) is 0 Å². The monoisotopic (exact) mass is 365 g/mol. The average Bonchev–Trinajstić information content (AvgIpc) is 2.79. The molecule has 116 valence electrons. The number of imide groups is 1. The van der Waals surface area contributed by atoms with Gasteiger partial charge < -0.3 is 5.11 Å². The minimum Gasteiger partial charge on any atom is -0.506 e. The Balaban J connectivity index is 2.00. The van der Waals surface area contributed by atoms with Gasteiger partial charge in [0.2, 0.25) is 0 Å². The highest BCUT2D eigenvalue weighted by Gasteiger charge is 2.36. The summed E-state index contributed by atoms with van der Waals surface area (Å²) in [7, 11) is 0. The zero-order valence-corrected chi connectivity index (χ0v) is 13.8. The normalized spacial score (nSPS) is 16.4. The molecule has 0 saturated carbocycles. The van der Waals surface area contributed by atoms with Gasteiger partial charge in [-0.05, 0) is 42.1 Å². The van der Waals surface area contributed by atoms with Crippen molar-refractivity contribution in [3.63, 3.8) is 0 Å². The van der Waals surface area contributed by atoms with Crippen LogP contribution in [0.3, 0.4) is 0 Å². The van der Waals surface area contributed by atoms with E-state index >= 15 is 0 Å². The van der Waals surface area contributed by atoms with Crippen LogP contribution in [0.15, 0.2) is 47.4 Å². The average molecular weight is 366 g/mol. The summed E-state index contributed by atoms with van der Waals surface area (Å²) in [5.41, 5.74) is 0.771. The van der Waals surface area contributed by atoms with Crippen LogP contribution in [0.25, 0.3) is 6.08 Å². The molecule has 2 aromatic rings. The molecule has 1 fully saturated rings. The van der Waals surface area contributed by atoms with Crippen molar-refractivity contribution >= 4 is 57.9 Å². The maximum absolute atomic E-state index is 12.5. The number of amides is 2. The first-order valence-corrected chi connectivity index (χ1v) is 8.05. The molecule has 0 aromatic heterocycles. The first-order valence-electron chi connectivity index (χ1n) is 6.48. The Kier molecular flexibility index (Phi) is 4.35. The quantitative estimate of drug-likeness (QED) is 0.765. The third-order valence-electron chi connectivity index (χ3n) is 3.15. The molecule has 1 aliphatic rings. The molecule has 1 N–H and O–H groups in total. The minimum absolute atomic E-state index is 0.0750. The van der Waals surface area contributed by atoms with E-state index in [-0.39, 0.29) is 21.2 Å². The number of thioether (sulfide) groups is 1. The number of halogens is 2. The third-order valence-corrected chi connectivity index (χ3v) is 4.53. The SMILES string of the molecule is O=C1SC(=Cc2cc(Cl)cc(Cl)c2O)C(=O)N1c1ccccc1. The molecule has 1 heterocycles. The number of hydrogen-bond acceptors (Lipinski definition) is 4. The van der Waals surface area contributed by atoms with Crippen LogP contribution in [0.4, 0.5) is 10.5 Å². The molecule has 4 nitrogen and oxygen atoms in total. The maximum Gasteiger partial charge on any atom is 0.298 e. The van der Waals surface area contributed by atoms with Crippen LogP contribution in [0.2, 0.25) is 10.0 Å². The van der Waals surface area contributed by atoms with Crippen LogP contribution in [0.1, 0.15) is 5.56 Å².